The van der Waals surface area contributed by atoms with Gasteiger partial charge in [-0.2, -0.15) is 0 Å². The van der Waals surface area contributed by atoms with E-state index in [4.69, 9.17) is 5.11 Å². The van der Waals surface area contributed by atoms with E-state index in [1.165, 1.54) is 4.90 Å². The van der Waals surface area contributed by atoms with Crippen LogP contribution in [0.1, 0.15) is 38.7 Å². The SMILES string of the molecule is CCCC(C)NC(=O)N(CCC(=O)O)c1ccc(C)cc1. The van der Waals surface area contributed by atoms with Crippen molar-refractivity contribution in [1.82, 2.24) is 5.32 Å². The number of hydrogen-bond acceptors (Lipinski definition) is 2. The number of carboxylic acids is 1. The van der Waals surface area contributed by atoms with Gasteiger partial charge in [-0.15, -0.1) is 0 Å². The Hall–Kier alpha value is -2.04. The van der Waals surface area contributed by atoms with Crippen molar-refractivity contribution in [3.8, 4) is 0 Å². The first-order valence-electron chi connectivity index (χ1n) is 7.30. The Bertz CT molecular complexity index is 471. The molecule has 5 heteroatoms. The number of aliphatic carboxylic acids is 1. The Morgan fingerprint density at radius 2 is 1.90 bits per heavy atom. The van der Waals surface area contributed by atoms with Gasteiger partial charge in [0.1, 0.15) is 0 Å². The van der Waals surface area contributed by atoms with E-state index < -0.39 is 5.97 Å². The van der Waals surface area contributed by atoms with Gasteiger partial charge in [0, 0.05) is 18.3 Å². The maximum absolute atomic E-state index is 12.3. The predicted octanol–water partition coefficient (Wildman–Crippen LogP) is 3.17. The van der Waals surface area contributed by atoms with Crippen LogP contribution < -0.4 is 10.2 Å². The van der Waals surface area contributed by atoms with E-state index in [1.807, 2.05) is 38.1 Å². The van der Waals surface area contributed by atoms with Crippen molar-refractivity contribution in [2.75, 3.05) is 11.4 Å². The number of aryl methyl sites for hydroxylation is 1. The number of carboxylic acid groups (broad SMARTS) is 1. The molecule has 0 aliphatic heterocycles. The number of amides is 2. The molecule has 1 aromatic rings. The van der Waals surface area contributed by atoms with Crippen LogP contribution in [0, 0.1) is 6.92 Å². The van der Waals surface area contributed by atoms with Gasteiger partial charge in [-0.25, -0.2) is 4.79 Å². The lowest BCUT2D eigenvalue weighted by Crippen LogP contribution is -2.44. The molecule has 0 heterocycles. The molecule has 0 spiro atoms. The molecule has 0 fully saturated rings. The first-order chi connectivity index (χ1) is 9.93. The van der Waals surface area contributed by atoms with Crippen molar-refractivity contribution < 1.29 is 14.7 Å². The van der Waals surface area contributed by atoms with Gasteiger partial charge in [-0.1, -0.05) is 31.0 Å². The number of rotatable bonds is 7. The van der Waals surface area contributed by atoms with E-state index in [2.05, 4.69) is 12.2 Å². The van der Waals surface area contributed by atoms with Gasteiger partial charge in [0.2, 0.25) is 0 Å². The standard InChI is InChI=1S/C16H24N2O3/c1-4-5-13(3)17-16(21)18(11-10-15(19)20)14-8-6-12(2)7-9-14/h6-9,13H,4-5,10-11H2,1-3H3,(H,17,21)(H,19,20). The zero-order valence-corrected chi connectivity index (χ0v) is 12.9. The van der Waals surface area contributed by atoms with Crippen LogP contribution in [0.4, 0.5) is 10.5 Å². The number of carbonyl (C=O) groups is 2. The second kappa shape index (κ2) is 8.29. The fraction of sp³-hybridized carbons (Fsp3) is 0.500. The van der Waals surface area contributed by atoms with Gasteiger partial charge >= 0.3 is 12.0 Å². The van der Waals surface area contributed by atoms with Gasteiger partial charge in [-0.05, 0) is 32.4 Å². The van der Waals surface area contributed by atoms with Gasteiger partial charge in [0.25, 0.3) is 0 Å². The number of carbonyl (C=O) groups excluding carboxylic acids is 1. The molecule has 0 bridgehead atoms. The average molecular weight is 292 g/mol. The fourth-order valence-corrected chi connectivity index (χ4v) is 2.07. The molecule has 0 saturated carbocycles. The third-order valence-corrected chi connectivity index (χ3v) is 3.23. The fourth-order valence-electron chi connectivity index (χ4n) is 2.07. The maximum Gasteiger partial charge on any atom is 0.322 e. The molecule has 1 unspecified atom stereocenters. The van der Waals surface area contributed by atoms with E-state index in [0.29, 0.717) is 5.69 Å². The summed E-state index contributed by atoms with van der Waals surface area (Å²) >= 11 is 0. The summed E-state index contributed by atoms with van der Waals surface area (Å²) in [6, 6.07) is 7.31. The van der Waals surface area contributed by atoms with E-state index in [9.17, 15) is 9.59 Å². The molecule has 5 nitrogen and oxygen atoms in total. The summed E-state index contributed by atoms with van der Waals surface area (Å²) in [5, 5.41) is 11.8. The number of nitrogens with zero attached hydrogens (tertiary/aromatic N) is 1. The molecule has 0 saturated heterocycles. The van der Waals surface area contributed by atoms with Crippen LogP contribution in [0.25, 0.3) is 0 Å². The molecular weight excluding hydrogens is 268 g/mol. The van der Waals surface area contributed by atoms with Crippen LogP contribution in [-0.2, 0) is 4.79 Å². The second-order valence-corrected chi connectivity index (χ2v) is 5.27. The van der Waals surface area contributed by atoms with Crippen LogP contribution >= 0.6 is 0 Å². The first-order valence-corrected chi connectivity index (χ1v) is 7.30. The summed E-state index contributed by atoms with van der Waals surface area (Å²) in [5.41, 5.74) is 1.81. The highest BCUT2D eigenvalue weighted by molar-refractivity contribution is 5.92. The minimum absolute atomic E-state index is 0.0697. The molecule has 2 N–H and O–H groups in total. The Morgan fingerprint density at radius 1 is 1.29 bits per heavy atom. The smallest absolute Gasteiger partial charge is 0.322 e. The van der Waals surface area contributed by atoms with E-state index in [0.717, 1.165) is 18.4 Å². The van der Waals surface area contributed by atoms with Crippen molar-refractivity contribution >= 4 is 17.7 Å². The van der Waals surface area contributed by atoms with Gasteiger partial charge in [-0.3, -0.25) is 9.69 Å². The summed E-state index contributed by atoms with van der Waals surface area (Å²) in [7, 11) is 0. The minimum atomic E-state index is -0.915. The molecule has 0 aromatic heterocycles. The van der Waals surface area contributed by atoms with Crippen LogP contribution in [0.3, 0.4) is 0 Å². The highest BCUT2D eigenvalue weighted by atomic mass is 16.4. The van der Waals surface area contributed by atoms with Crippen molar-refractivity contribution in [2.45, 2.75) is 46.1 Å². The average Bonchev–Trinajstić information content (AvgIpc) is 2.40. The van der Waals surface area contributed by atoms with Crippen LogP contribution in [0.2, 0.25) is 0 Å². The summed E-state index contributed by atoms with van der Waals surface area (Å²) in [6.45, 7) is 6.13. The Morgan fingerprint density at radius 3 is 2.43 bits per heavy atom. The van der Waals surface area contributed by atoms with Crippen LogP contribution in [0.15, 0.2) is 24.3 Å². The zero-order chi connectivity index (χ0) is 15.8. The molecular formula is C16H24N2O3. The first kappa shape index (κ1) is 17.0. The summed E-state index contributed by atoms with van der Waals surface area (Å²) in [6.07, 6.45) is 1.80. The van der Waals surface area contributed by atoms with E-state index in [-0.39, 0.29) is 25.0 Å². The number of urea groups is 1. The van der Waals surface area contributed by atoms with Gasteiger partial charge in [0.05, 0.1) is 6.42 Å². The lowest BCUT2D eigenvalue weighted by Gasteiger charge is -2.25. The Kier molecular flexibility index (Phi) is 6.72. The second-order valence-electron chi connectivity index (χ2n) is 5.27. The third-order valence-electron chi connectivity index (χ3n) is 3.23. The number of hydrogen-bond donors (Lipinski definition) is 2. The summed E-state index contributed by atoms with van der Waals surface area (Å²) < 4.78 is 0. The monoisotopic (exact) mass is 292 g/mol. The van der Waals surface area contributed by atoms with Gasteiger partial charge in [0.15, 0.2) is 0 Å². The minimum Gasteiger partial charge on any atom is -0.481 e. The Balaban J connectivity index is 2.83. The third kappa shape index (κ3) is 5.85. The molecule has 0 aliphatic rings. The zero-order valence-electron chi connectivity index (χ0n) is 12.9. The molecule has 1 atom stereocenters. The van der Waals surface area contributed by atoms with Crippen LogP contribution in [0.5, 0.6) is 0 Å². The number of benzene rings is 1. The predicted molar refractivity (Wildman–Crippen MR) is 83.7 cm³/mol. The molecule has 0 aliphatic carbocycles. The van der Waals surface area contributed by atoms with Crippen molar-refractivity contribution in [2.24, 2.45) is 0 Å². The van der Waals surface area contributed by atoms with Crippen molar-refractivity contribution in [3.63, 3.8) is 0 Å². The molecule has 1 aromatic carbocycles. The van der Waals surface area contributed by atoms with Crippen LogP contribution in [-0.4, -0.2) is 29.7 Å². The summed E-state index contributed by atoms with van der Waals surface area (Å²) in [5.74, 6) is -0.915. The topological polar surface area (TPSA) is 69.6 Å². The number of nitrogens with one attached hydrogen (secondary N) is 1. The molecule has 2 amide bonds. The van der Waals surface area contributed by atoms with Gasteiger partial charge < -0.3 is 10.4 Å². The molecule has 1 rings (SSSR count). The largest absolute Gasteiger partial charge is 0.481 e. The van der Waals surface area contributed by atoms with E-state index >= 15 is 0 Å². The normalized spacial score (nSPS) is 11.8. The number of anilines is 1. The summed E-state index contributed by atoms with van der Waals surface area (Å²) in [4.78, 5) is 24.6. The van der Waals surface area contributed by atoms with Crippen molar-refractivity contribution in [1.29, 1.82) is 0 Å². The maximum atomic E-state index is 12.3. The quantitative estimate of drug-likeness (QED) is 0.811. The van der Waals surface area contributed by atoms with E-state index in [1.54, 1.807) is 0 Å². The highest BCUT2D eigenvalue weighted by Gasteiger charge is 2.18. The highest BCUT2D eigenvalue weighted by Crippen LogP contribution is 2.16. The molecule has 0 radical (unpaired) electrons. The Labute approximate surface area is 126 Å². The molecule has 21 heavy (non-hydrogen) atoms. The lowest BCUT2D eigenvalue weighted by atomic mass is 10.2. The molecule has 116 valence electrons. The van der Waals surface area contributed by atoms with Crippen molar-refractivity contribution in [3.05, 3.63) is 29.8 Å². The lowest BCUT2D eigenvalue weighted by molar-refractivity contribution is -0.136.